The highest BCUT2D eigenvalue weighted by Crippen LogP contribution is 2.29. The van der Waals surface area contributed by atoms with Crippen molar-refractivity contribution in [3.05, 3.63) is 53.6 Å². The molecule has 0 radical (unpaired) electrons. The summed E-state index contributed by atoms with van der Waals surface area (Å²) in [5.74, 6) is 1.09. The Morgan fingerprint density at radius 3 is 2.52 bits per heavy atom. The molecule has 166 valence electrons. The SMILES string of the molecule is CCCCOc1ccc(C=CC(=O)Nc2ccc(OCC(=O)OC)cc2C)cc1OC. The number of hydrogen-bond acceptors (Lipinski definition) is 6. The van der Waals surface area contributed by atoms with Gasteiger partial charge in [0.1, 0.15) is 5.75 Å². The number of rotatable bonds is 11. The minimum absolute atomic E-state index is 0.170. The van der Waals surface area contributed by atoms with Gasteiger partial charge in [0.05, 0.1) is 20.8 Å². The predicted molar refractivity (Wildman–Crippen MR) is 120 cm³/mol. The zero-order valence-corrected chi connectivity index (χ0v) is 18.4. The number of ether oxygens (including phenoxy) is 4. The molecular formula is C24H29NO6. The van der Waals surface area contributed by atoms with Gasteiger partial charge < -0.3 is 24.3 Å². The maximum Gasteiger partial charge on any atom is 0.343 e. The van der Waals surface area contributed by atoms with Crippen molar-refractivity contribution in [2.45, 2.75) is 26.7 Å². The molecule has 1 amide bonds. The van der Waals surface area contributed by atoms with Crippen molar-refractivity contribution in [1.29, 1.82) is 0 Å². The molecule has 0 unspecified atom stereocenters. The second-order valence-corrected chi connectivity index (χ2v) is 6.78. The van der Waals surface area contributed by atoms with E-state index in [1.165, 1.54) is 13.2 Å². The van der Waals surface area contributed by atoms with Crippen LogP contribution in [0, 0.1) is 6.92 Å². The predicted octanol–water partition coefficient (Wildman–Crippen LogP) is 4.39. The molecule has 2 rings (SSSR count). The first-order valence-corrected chi connectivity index (χ1v) is 10.1. The lowest BCUT2D eigenvalue weighted by Crippen LogP contribution is -2.13. The first-order chi connectivity index (χ1) is 15.0. The largest absolute Gasteiger partial charge is 0.493 e. The smallest absolute Gasteiger partial charge is 0.343 e. The molecule has 0 aliphatic carbocycles. The van der Waals surface area contributed by atoms with E-state index >= 15 is 0 Å². The van der Waals surface area contributed by atoms with Crippen molar-refractivity contribution >= 4 is 23.6 Å². The zero-order chi connectivity index (χ0) is 22.6. The van der Waals surface area contributed by atoms with E-state index in [0.717, 1.165) is 24.0 Å². The summed E-state index contributed by atoms with van der Waals surface area (Å²) >= 11 is 0. The Kier molecular flexibility index (Phi) is 9.42. The molecule has 1 N–H and O–H groups in total. The standard InChI is InChI=1S/C24H29NO6/c1-5-6-13-30-21-11-7-18(15-22(21)28-3)8-12-23(26)25-20-10-9-19(14-17(20)2)31-16-24(27)29-4/h7-12,14-15H,5-6,13,16H2,1-4H3,(H,25,26). The summed E-state index contributed by atoms with van der Waals surface area (Å²) in [7, 11) is 2.89. The number of carbonyl (C=O) groups excluding carboxylic acids is 2. The average Bonchev–Trinajstić information content (AvgIpc) is 2.78. The van der Waals surface area contributed by atoms with E-state index in [2.05, 4.69) is 17.0 Å². The van der Waals surface area contributed by atoms with E-state index in [1.807, 2.05) is 25.1 Å². The third-order valence-corrected chi connectivity index (χ3v) is 4.41. The Bertz CT molecular complexity index is 922. The Balaban J connectivity index is 1.98. The topological polar surface area (TPSA) is 83.1 Å². The lowest BCUT2D eigenvalue weighted by Gasteiger charge is -2.11. The van der Waals surface area contributed by atoms with Crippen molar-refractivity contribution in [2.75, 3.05) is 32.8 Å². The van der Waals surface area contributed by atoms with Crippen LogP contribution >= 0.6 is 0 Å². The molecule has 0 heterocycles. The normalized spacial score (nSPS) is 10.6. The van der Waals surface area contributed by atoms with Crippen LogP contribution < -0.4 is 19.5 Å². The number of amides is 1. The van der Waals surface area contributed by atoms with Crippen molar-refractivity contribution in [3.8, 4) is 17.2 Å². The van der Waals surface area contributed by atoms with Crippen LogP contribution in [0.25, 0.3) is 6.08 Å². The van der Waals surface area contributed by atoms with E-state index < -0.39 is 5.97 Å². The summed E-state index contributed by atoms with van der Waals surface area (Å²) in [6.45, 7) is 4.41. The summed E-state index contributed by atoms with van der Waals surface area (Å²) in [5.41, 5.74) is 2.27. The molecule has 0 saturated carbocycles. The van der Waals surface area contributed by atoms with Gasteiger partial charge in [-0.2, -0.15) is 0 Å². The number of anilines is 1. The average molecular weight is 427 g/mol. The molecule has 7 heteroatoms. The molecule has 0 bridgehead atoms. The van der Waals surface area contributed by atoms with Gasteiger partial charge in [0, 0.05) is 11.8 Å². The molecule has 2 aromatic carbocycles. The van der Waals surface area contributed by atoms with Crippen LogP contribution in [0.5, 0.6) is 17.2 Å². The third kappa shape index (κ3) is 7.70. The molecular weight excluding hydrogens is 398 g/mol. The van der Waals surface area contributed by atoms with Crippen LogP contribution in [0.3, 0.4) is 0 Å². The number of hydrogen-bond donors (Lipinski definition) is 1. The van der Waals surface area contributed by atoms with Gasteiger partial charge >= 0.3 is 5.97 Å². The van der Waals surface area contributed by atoms with Gasteiger partial charge in [-0.1, -0.05) is 19.4 Å². The highest BCUT2D eigenvalue weighted by Gasteiger charge is 2.07. The van der Waals surface area contributed by atoms with Gasteiger partial charge in [0.25, 0.3) is 0 Å². The molecule has 0 aliphatic heterocycles. The fourth-order valence-electron chi connectivity index (χ4n) is 2.65. The number of unbranched alkanes of at least 4 members (excludes halogenated alkanes) is 1. The van der Waals surface area contributed by atoms with Crippen LogP contribution in [0.4, 0.5) is 5.69 Å². The first kappa shape index (κ1) is 23.8. The molecule has 0 fully saturated rings. The zero-order valence-electron chi connectivity index (χ0n) is 18.4. The second-order valence-electron chi connectivity index (χ2n) is 6.78. The van der Waals surface area contributed by atoms with Gasteiger partial charge in [-0.15, -0.1) is 0 Å². The number of methoxy groups -OCH3 is 2. The monoisotopic (exact) mass is 427 g/mol. The molecule has 0 spiro atoms. The van der Waals surface area contributed by atoms with Gasteiger partial charge in [-0.05, 0) is 60.9 Å². The van der Waals surface area contributed by atoms with Crippen molar-refractivity contribution < 1.29 is 28.5 Å². The summed E-state index contributed by atoms with van der Waals surface area (Å²) in [6.07, 6.45) is 5.19. The Labute approximate surface area is 183 Å². The van der Waals surface area contributed by atoms with Crippen molar-refractivity contribution in [3.63, 3.8) is 0 Å². The van der Waals surface area contributed by atoms with Crippen LogP contribution in [0.15, 0.2) is 42.5 Å². The van der Waals surface area contributed by atoms with Crippen molar-refractivity contribution in [1.82, 2.24) is 0 Å². The maximum absolute atomic E-state index is 12.3. The summed E-state index contributed by atoms with van der Waals surface area (Å²) in [5, 5.41) is 2.83. The molecule has 2 aromatic rings. The number of benzene rings is 2. The van der Waals surface area contributed by atoms with E-state index in [-0.39, 0.29) is 12.5 Å². The lowest BCUT2D eigenvalue weighted by atomic mass is 10.1. The van der Waals surface area contributed by atoms with Crippen molar-refractivity contribution in [2.24, 2.45) is 0 Å². The quantitative estimate of drug-likeness (QED) is 0.325. The molecule has 0 atom stereocenters. The lowest BCUT2D eigenvalue weighted by molar-refractivity contribution is -0.142. The van der Waals surface area contributed by atoms with Gasteiger partial charge in [-0.25, -0.2) is 4.79 Å². The fourth-order valence-corrected chi connectivity index (χ4v) is 2.65. The van der Waals surface area contributed by atoms with E-state index in [0.29, 0.717) is 29.5 Å². The number of carbonyl (C=O) groups is 2. The molecule has 0 aliphatic rings. The molecule has 31 heavy (non-hydrogen) atoms. The van der Waals surface area contributed by atoms with Gasteiger partial charge in [-0.3, -0.25) is 4.79 Å². The van der Waals surface area contributed by atoms with Gasteiger partial charge in [0.15, 0.2) is 18.1 Å². The first-order valence-electron chi connectivity index (χ1n) is 10.1. The number of esters is 1. The third-order valence-electron chi connectivity index (χ3n) is 4.41. The van der Waals surface area contributed by atoms with Crippen LogP contribution in [0.1, 0.15) is 30.9 Å². The Morgan fingerprint density at radius 2 is 1.84 bits per heavy atom. The Hall–Kier alpha value is -3.48. The fraction of sp³-hybridized carbons (Fsp3) is 0.333. The molecule has 7 nitrogen and oxygen atoms in total. The summed E-state index contributed by atoms with van der Waals surface area (Å²) in [4.78, 5) is 23.5. The van der Waals surface area contributed by atoms with Crippen LogP contribution in [0.2, 0.25) is 0 Å². The summed E-state index contributed by atoms with van der Waals surface area (Å²) < 4.78 is 21.0. The molecule has 0 aromatic heterocycles. The highest BCUT2D eigenvalue weighted by atomic mass is 16.6. The minimum Gasteiger partial charge on any atom is -0.493 e. The van der Waals surface area contributed by atoms with Crippen LogP contribution in [-0.2, 0) is 14.3 Å². The summed E-state index contributed by atoms with van der Waals surface area (Å²) in [6, 6.07) is 10.7. The van der Waals surface area contributed by atoms with E-state index in [1.54, 1.807) is 31.4 Å². The number of nitrogens with one attached hydrogen (secondary N) is 1. The minimum atomic E-state index is -0.461. The van der Waals surface area contributed by atoms with E-state index in [9.17, 15) is 9.59 Å². The number of aryl methyl sites for hydroxylation is 1. The molecule has 0 saturated heterocycles. The van der Waals surface area contributed by atoms with Gasteiger partial charge in [0.2, 0.25) is 5.91 Å². The van der Waals surface area contributed by atoms with E-state index in [4.69, 9.17) is 14.2 Å². The Morgan fingerprint density at radius 1 is 1.03 bits per heavy atom. The highest BCUT2D eigenvalue weighted by molar-refractivity contribution is 6.02. The van der Waals surface area contributed by atoms with Crippen LogP contribution in [-0.4, -0.2) is 39.3 Å². The second kappa shape index (κ2) is 12.3. The maximum atomic E-state index is 12.3.